The summed E-state index contributed by atoms with van der Waals surface area (Å²) >= 11 is 0. The summed E-state index contributed by atoms with van der Waals surface area (Å²) in [4.78, 5) is 21.1. The predicted molar refractivity (Wildman–Crippen MR) is 75.7 cm³/mol. The Morgan fingerprint density at radius 2 is 1.39 bits per heavy atom. The Morgan fingerprint density at radius 3 is 1.83 bits per heavy atom. The lowest BCUT2D eigenvalue weighted by Crippen LogP contribution is -2.16. The van der Waals surface area contributed by atoms with Crippen LogP contribution in [0.1, 0.15) is 21.5 Å². The normalized spacial score (nSPS) is 10.4. The summed E-state index contributed by atoms with van der Waals surface area (Å²) in [5.41, 5.74) is 1.22. The lowest BCUT2D eigenvalue weighted by Gasteiger charge is -2.07. The summed E-state index contributed by atoms with van der Waals surface area (Å²) < 4.78 is 39.8. The van der Waals surface area contributed by atoms with Gasteiger partial charge in [-0.1, -0.05) is 11.8 Å². The zero-order valence-electron chi connectivity index (χ0n) is 11.4. The zero-order valence-corrected chi connectivity index (χ0v) is 11.4. The van der Waals surface area contributed by atoms with E-state index in [0.717, 1.165) is 12.1 Å². The first kappa shape index (κ1) is 16.2. The largest absolute Gasteiger partial charge is 0.573 e. The minimum Gasteiger partial charge on any atom is -0.406 e. The van der Waals surface area contributed by atoms with E-state index in [0.29, 0.717) is 11.1 Å². The Kier molecular flexibility index (Phi) is 4.76. The van der Waals surface area contributed by atoms with Crippen LogP contribution in [-0.2, 0) is 0 Å². The molecule has 7 heteroatoms. The average Bonchev–Trinajstić information content (AvgIpc) is 2.52. The van der Waals surface area contributed by atoms with Gasteiger partial charge in [0.15, 0.2) is 0 Å². The van der Waals surface area contributed by atoms with Gasteiger partial charge in [-0.15, -0.1) is 18.1 Å². The summed E-state index contributed by atoms with van der Waals surface area (Å²) in [7, 11) is 0. The van der Waals surface area contributed by atoms with E-state index < -0.39 is 12.3 Å². The molecule has 0 saturated carbocycles. The number of hydrogen-bond donors (Lipinski definition) is 0. The average molecular weight is 319 g/mol. The quantitative estimate of drug-likeness (QED) is 0.623. The maximum Gasteiger partial charge on any atom is 0.573 e. The molecule has 23 heavy (non-hydrogen) atoms. The van der Waals surface area contributed by atoms with Gasteiger partial charge in [0.2, 0.25) is 0 Å². The predicted octanol–water partition coefficient (Wildman–Crippen LogP) is 3.89. The molecule has 0 bridgehead atoms. The van der Waals surface area contributed by atoms with Crippen LogP contribution in [0, 0.1) is 16.7 Å². The Balaban J connectivity index is 2.09. The van der Waals surface area contributed by atoms with Gasteiger partial charge in [0.25, 0.3) is 0 Å². The van der Waals surface area contributed by atoms with Crippen LogP contribution in [0.25, 0.3) is 0 Å². The van der Waals surface area contributed by atoms with Crippen molar-refractivity contribution in [2.75, 3.05) is 0 Å². The van der Waals surface area contributed by atoms with Crippen molar-refractivity contribution in [2.45, 2.75) is 6.36 Å². The van der Waals surface area contributed by atoms with E-state index in [1.165, 1.54) is 36.4 Å². The Bertz CT molecular complexity index is 769. The van der Waals surface area contributed by atoms with Crippen molar-refractivity contribution in [2.24, 2.45) is 5.18 Å². The van der Waals surface area contributed by atoms with Crippen LogP contribution in [0.5, 0.6) is 5.75 Å². The number of halogens is 3. The number of rotatable bonds is 2. The fourth-order valence-corrected chi connectivity index (χ4v) is 1.63. The van der Waals surface area contributed by atoms with E-state index in [-0.39, 0.29) is 11.3 Å². The van der Waals surface area contributed by atoms with E-state index in [4.69, 9.17) is 0 Å². The highest BCUT2D eigenvalue weighted by molar-refractivity contribution is 5.94. The number of nitroso groups, excluding NO2 is 1. The second-order valence-corrected chi connectivity index (χ2v) is 4.30. The molecule has 116 valence electrons. The third-order valence-corrected chi connectivity index (χ3v) is 2.65. The van der Waals surface area contributed by atoms with Crippen LogP contribution in [0.4, 0.5) is 13.2 Å². The smallest absolute Gasteiger partial charge is 0.406 e. The van der Waals surface area contributed by atoms with E-state index in [2.05, 4.69) is 21.8 Å². The van der Waals surface area contributed by atoms with Crippen LogP contribution in [0.15, 0.2) is 53.7 Å². The summed E-state index contributed by atoms with van der Waals surface area (Å²) in [5.74, 6) is 4.34. The van der Waals surface area contributed by atoms with E-state index >= 15 is 0 Å². The lowest BCUT2D eigenvalue weighted by molar-refractivity contribution is -0.274. The molecule has 0 aliphatic heterocycles. The van der Waals surface area contributed by atoms with Crippen LogP contribution < -0.4 is 4.74 Å². The minimum atomic E-state index is -4.73. The molecule has 2 aromatic carbocycles. The highest BCUT2D eigenvalue weighted by Gasteiger charge is 2.30. The summed E-state index contributed by atoms with van der Waals surface area (Å²) in [6.45, 7) is 0. The van der Waals surface area contributed by atoms with E-state index in [9.17, 15) is 22.9 Å². The number of nitrogens with zero attached hydrogens (tertiary/aromatic N) is 1. The fraction of sp³-hybridized carbons (Fsp3) is 0.0625. The van der Waals surface area contributed by atoms with Gasteiger partial charge in [-0.25, -0.2) is 0 Å². The molecular weight excluding hydrogens is 311 g/mol. The third-order valence-electron chi connectivity index (χ3n) is 2.65. The first-order valence-electron chi connectivity index (χ1n) is 6.23. The van der Waals surface area contributed by atoms with Crippen LogP contribution in [0.3, 0.4) is 0 Å². The van der Waals surface area contributed by atoms with Crippen molar-refractivity contribution >= 4 is 5.91 Å². The van der Waals surface area contributed by atoms with Crippen LogP contribution in [-0.4, -0.2) is 12.3 Å². The molecule has 2 aromatic rings. The summed E-state index contributed by atoms with van der Waals surface area (Å²) in [6, 6.07) is 11.0. The topological polar surface area (TPSA) is 55.7 Å². The second-order valence-electron chi connectivity index (χ2n) is 4.30. The molecule has 0 saturated heterocycles. The Hall–Kier alpha value is -3.14. The third kappa shape index (κ3) is 4.97. The number of carbonyl (C=O) groups is 1. The first-order valence-corrected chi connectivity index (χ1v) is 6.23. The molecule has 2 rings (SSSR count). The molecule has 0 spiro atoms. The van der Waals surface area contributed by atoms with Gasteiger partial charge in [0.05, 0.1) is 0 Å². The molecule has 0 aliphatic rings. The highest BCUT2D eigenvalue weighted by Crippen LogP contribution is 2.22. The standard InChI is InChI=1S/C16H8F3NO3/c17-16(18,19)23-14-9-5-12(6-10-14)2-1-11-3-7-13(8-4-11)15(21)20-22/h3-10H. The number of amides is 1. The number of benzene rings is 2. The van der Waals surface area contributed by atoms with Gasteiger partial charge < -0.3 is 4.74 Å². The van der Waals surface area contributed by atoms with Crippen molar-refractivity contribution in [3.63, 3.8) is 0 Å². The van der Waals surface area contributed by atoms with Gasteiger partial charge >= 0.3 is 12.3 Å². The Labute approximate surface area is 128 Å². The number of carbonyl (C=O) groups excluding carboxylic acids is 1. The lowest BCUT2D eigenvalue weighted by atomic mass is 10.1. The monoisotopic (exact) mass is 319 g/mol. The summed E-state index contributed by atoms with van der Waals surface area (Å²) in [6.07, 6.45) is -4.73. The van der Waals surface area contributed by atoms with Gasteiger partial charge in [0.1, 0.15) is 5.75 Å². The SMILES string of the molecule is O=NC(=O)c1ccc(C#Cc2ccc(OC(F)(F)F)cc2)cc1. The van der Waals surface area contributed by atoms with Crippen molar-refractivity contribution in [1.82, 2.24) is 0 Å². The second kappa shape index (κ2) is 6.75. The maximum absolute atomic E-state index is 12.0. The van der Waals surface area contributed by atoms with Gasteiger partial charge in [-0.05, 0) is 48.5 Å². The van der Waals surface area contributed by atoms with Crippen molar-refractivity contribution in [3.8, 4) is 17.6 Å². The number of ether oxygens (including phenoxy) is 1. The maximum atomic E-state index is 12.0. The number of hydrogen-bond acceptors (Lipinski definition) is 3. The molecule has 0 N–H and O–H groups in total. The van der Waals surface area contributed by atoms with Gasteiger partial charge in [-0.3, -0.25) is 4.79 Å². The molecule has 0 unspecified atom stereocenters. The minimum absolute atomic E-state index is 0.152. The van der Waals surface area contributed by atoms with Crippen LogP contribution >= 0.6 is 0 Å². The van der Waals surface area contributed by atoms with E-state index in [1.807, 2.05) is 0 Å². The highest BCUT2D eigenvalue weighted by atomic mass is 19.4. The molecule has 0 fully saturated rings. The number of alkyl halides is 3. The molecule has 0 atom stereocenters. The first-order chi connectivity index (χ1) is 10.9. The fourth-order valence-electron chi connectivity index (χ4n) is 1.63. The molecule has 4 nitrogen and oxygen atoms in total. The molecule has 1 amide bonds. The van der Waals surface area contributed by atoms with Crippen LogP contribution in [0.2, 0.25) is 0 Å². The van der Waals surface area contributed by atoms with E-state index in [1.54, 1.807) is 0 Å². The zero-order chi connectivity index (χ0) is 16.9. The van der Waals surface area contributed by atoms with Gasteiger partial charge in [-0.2, -0.15) is 0 Å². The Morgan fingerprint density at radius 1 is 0.913 bits per heavy atom. The molecular formula is C16H8F3NO3. The molecule has 0 aliphatic carbocycles. The molecule has 0 aromatic heterocycles. The van der Waals surface area contributed by atoms with Gasteiger partial charge in [0, 0.05) is 21.9 Å². The van der Waals surface area contributed by atoms with Crippen molar-refractivity contribution < 1.29 is 22.7 Å². The molecule has 0 radical (unpaired) electrons. The van der Waals surface area contributed by atoms with Crippen molar-refractivity contribution in [1.29, 1.82) is 0 Å². The van der Waals surface area contributed by atoms with Crippen molar-refractivity contribution in [3.05, 3.63) is 70.1 Å². The molecule has 0 heterocycles. The summed E-state index contributed by atoms with van der Waals surface area (Å²) in [5, 5.41) is 2.30.